The summed E-state index contributed by atoms with van der Waals surface area (Å²) in [5, 5.41) is 10.2. The van der Waals surface area contributed by atoms with Gasteiger partial charge in [0.15, 0.2) is 0 Å². The first-order valence-electron chi connectivity index (χ1n) is 7.47. The van der Waals surface area contributed by atoms with Crippen LogP contribution >= 0.6 is 0 Å². The monoisotopic (exact) mass is 303 g/mol. The molecule has 1 N–H and O–H groups in total. The van der Waals surface area contributed by atoms with Gasteiger partial charge in [-0.25, -0.2) is 0 Å². The maximum Gasteiger partial charge on any atom is 0.261 e. The molecule has 1 aromatic carbocycles. The lowest BCUT2D eigenvalue weighted by Gasteiger charge is -2.24. The van der Waals surface area contributed by atoms with E-state index >= 15 is 0 Å². The van der Waals surface area contributed by atoms with Crippen molar-refractivity contribution in [3.8, 4) is 0 Å². The van der Waals surface area contributed by atoms with Gasteiger partial charge >= 0.3 is 0 Å². The van der Waals surface area contributed by atoms with E-state index in [2.05, 4.69) is 6.58 Å². The van der Waals surface area contributed by atoms with E-state index in [4.69, 9.17) is 4.74 Å². The fourth-order valence-electron chi connectivity index (χ4n) is 2.40. The third kappa shape index (κ3) is 3.26. The van der Waals surface area contributed by atoms with Crippen LogP contribution in [0.25, 0.3) is 0 Å². The van der Waals surface area contributed by atoms with Gasteiger partial charge in [0.05, 0.1) is 17.7 Å². The van der Waals surface area contributed by atoms with Gasteiger partial charge < -0.3 is 9.84 Å². The van der Waals surface area contributed by atoms with Crippen molar-refractivity contribution in [1.82, 2.24) is 4.90 Å². The van der Waals surface area contributed by atoms with E-state index in [-0.39, 0.29) is 18.4 Å². The Kier molecular flexibility index (Phi) is 5.46. The van der Waals surface area contributed by atoms with Crippen molar-refractivity contribution in [3.63, 3.8) is 0 Å². The average Bonchev–Trinajstić information content (AvgIpc) is 2.77. The molecule has 0 bridgehead atoms. The van der Waals surface area contributed by atoms with Gasteiger partial charge in [0.25, 0.3) is 11.8 Å². The molecule has 1 aliphatic rings. The molecule has 1 aromatic rings. The number of hydrogen-bond donors (Lipinski definition) is 1. The average molecular weight is 303 g/mol. The number of imide groups is 1. The predicted octanol–water partition coefficient (Wildman–Crippen LogP) is 2.01. The number of β-amino-alcohol motifs (C(OH)–C–C–N with tert-alkyl or cyclic N) is 1. The van der Waals surface area contributed by atoms with Gasteiger partial charge in [0.1, 0.15) is 12.2 Å². The van der Waals surface area contributed by atoms with Crippen LogP contribution in [0.2, 0.25) is 0 Å². The van der Waals surface area contributed by atoms with E-state index < -0.39 is 12.2 Å². The molecule has 2 amide bonds. The SMILES string of the molecule is C=C[C@@H](OCCCC)[C@H](O)CN1C(=O)c2ccccc2C1=O. The molecule has 5 heteroatoms. The lowest BCUT2D eigenvalue weighted by atomic mass is 10.1. The van der Waals surface area contributed by atoms with E-state index in [0.29, 0.717) is 17.7 Å². The number of hydrogen-bond acceptors (Lipinski definition) is 4. The second kappa shape index (κ2) is 7.33. The van der Waals surface area contributed by atoms with Crippen molar-refractivity contribution in [3.05, 3.63) is 48.0 Å². The number of aliphatic hydroxyl groups excluding tert-OH is 1. The van der Waals surface area contributed by atoms with Crippen LogP contribution in [0.1, 0.15) is 40.5 Å². The minimum Gasteiger partial charge on any atom is -0.388 e. The molecule has 0 spiro atoms. The minimum absolute atomic E-state index is 0.102. The second-order valence-corrected chi connectivity index (χ2v) is 5.26. The smallest absolute Gasteiger partial charge is 0.261 e. The van der Waals surface area contributed by atoms with Crippen LogP contribution in [0.4, 0.5) is 0 Å². The van der Waals surface area contributed by atoms with Crippen molar-refractivity contribution >= 4 is 11.8 Å². The maximum absolute atomic E-state index is 12.2. The number of amides is 2. The lowest BCUT2D eigenvalue weighted by Crippen LogP contribution is -2.42. The number of unbranched alkanes of at least 4 members (excludes halogenated alkanes) is 1. The van der Waals surface area contributed by atoms with E-state index in [1.807, 2.05) is 6.92 Å². The first kappa shape index (κ1) is 16.4. The molecule has 0 aliphatic carbocycles. The van der Waals surface area contributed by atoms with Crippen LogP contribution in [0.5, 0.6) is 0 Å². The Morgan fingerprint density at radius 3 is 2.36 bits per heavy atom. The first-order chi connectivity index (χ1) is 10.6. The number of carbonyl (C=O) groups excluding carboxylic acids is 2. The van der Waals surface area contributed by atoms with Crippen molar-refractivity contribution < 1.29 is 19.4 Å². The van der Waals surface area contributed by atoms with Crippen LogP contribution in [0, 0.1) is 0 Å². The van der Waals surface area contributed by atoms with Gasteiger partial charge in [0, 0.05) is 6.61 Å². The van der Waals surface area contributed by atoms with Gasteiger partial charge in [-0.2, -0.15) is 0 Å². The molecule has 1 aliphatic heterocycles. The van der Waals surface area contributed by atoms with E-state index in [1.165, 1.54) is 6.08 Å². The molecule has 0 aromatic heterocycles. The maximum atomic E-state index is 12.2. The van der Waals surface area contributed by atoms with Gasteiger partial charge in [-0.15, -0.1) is 6.58 Å². The zero-order chi connectivity index (χ0) is 16.1. The molecule has 0 saturated carbocycles. The summed E-state index contributed by atoms with van der Waals surface area (Å²) in [7, 11) is 0. The highest BCUT2D eigenvalue weighted by Gasteiger charge is 2.37. The lowest BCUT2D eigenvalue weighted by molar-refractivity contribution is -0.0204. The van der Waals surface area contributed by atoms with Gasteiger partial charge in [-0.05, 0) is 18.6 Å². The van der Waals surface area contributed by atoms with E-state index in [9.17, 15) is 14.7 Å². The normalized spacial score (nSPS) is 16.5. The third-order valence-electron chi connectivity index (χ3n) is 3.67. The molecule has 2 rings (SSSR count). The summed E-state index contributed by atoms with van der Waals surface area (Å²) >= 11 is 0. The molecular weight excluding hydrogens is 282 g/mol. The Bertz CT molecular complexity index is 535. The minimum atomic E-state index is -0.989. The first-order valence-corrected chi connectivity index (χ1v) is 7.47. The summed E-state index contributed by atoms with van der Waals surface area (Å²) in [4.78, 5) is 25.5. The number of ether oxygens (including phenoxy) is 1. The Morgan fingerprint density at radius 2 is 1.86 bits per heavy atom. The fourth-order valence-corrected chi connectivity index (χ4v) is 2.40. The summed E-state index contributed by atoms with van der Waals surface area (Å²) in [6.07, 6.45) is 1.77. The zero-order valence-electron chi connectivity index (χ0n) is 12.7. The molecular formula is C17H21NO4. The van der Waals surface area contributed by atoms with Crippen LogP contribution in [-0.2, 0) is 4.74 Å². The molecule has 0 fully saturated rings. The molecule has 0 saturated heterocycles. The fraction of sp³-hybridized carbons (Fsp3) is 0.412. The standard InChI is InChI=1S/C17H21NO4/c1-3-5-10-22-15(4-2)14(19)11-18-16(20)12-8-6-7-9-13(12)17(18)21/h4,6-9,14-15,19H,2-3,5,10-11H2,1H3/t14-,15-/m1/s1. The second-order valence-electron chi connectivity index (χ2n) is 5.26. The number of rotatable bonds is 8. The summed E-state index contributed by atoms with van der Waals surface area (Å²) in [5.74, 6) is -0.757. The van der Waals surface area contributed by atoms with E-state index in [0.717, 1.165) is 17.7 Å². The van der Waals surface area contributed by atoms with Gasteiger partial charge in [-0.3, -0.25) is 14.5 Å². The summed E-state index contributed by atoms with van der Waals surface area (Å²) in [6, 6.07) is 6.66. The Balaban J connectivity index is 2.03. The number of aliphatic hydroxyl groups is 1. The Labute approximate surface area is 130 Å². The topological polar surface area (TPSA) is 66.8 Å². The number of benzene rings is 1. The van der Waals surface area contributed by atoms with Crippen molar-refractivity contribution in [2.45, 2.75) is 32.0 Å². The molecule has 22 heavy (non-hydrogen) atoms. The van der Waals surface area contributed by atoms with E-state index in [1.54, 1.807) is 24.3 Å². The Morgan fingerprint density at radius 1 is 1.27 bits per heavy atom. The third-order valence-corrected chi connectivity index (χ3v) is 3.67. The highest BCUT2D eigenvalue weighted by atomic mass is 16.5. The molecule has 5 nitrogen and oxygen atoms in total. The summed E-state index contributed by atoms with van der Waals surface area (Å²) in [6.45, 7) is 6.09. The Hall–Kier alpha value is -1.98. The molecule has 2 atom stereocenters. The van der Waals surface area contributed by atoms with Crippen LogP contribution in [0.15, 0.2) is 36.9 Å². The van der Waals surface area contributed by atoms with Gasteiger partial charge in [0.2, 0.25) is 0 Å². The summed E-state index contributed by atoms with van der Waals surface area (Å²) < 4.78 is 5.53. The number of carbonyl (C=O) groups is 2. The van der Waals surface area contributed by atoms with Crippen LogP contribution in [0.3, 0.4) is 0 Å². The van der Waals surface area contributed by atoms with Crippen molar-refractivity contribution in [1.29, 1.82) is 0 Å². The quantitative estimate of drug-likeness (QED) is 0.453. The molecule has 118 valence electrons. The van der Waals surface area contributed by atoms with Crippen LogP contribution in [-0.4, -0.2) is 47.2 Å². The van der Waals surface area contributed by atoms with Gasteiger partial charge in [-0.1, -0.05) is 31.6 Å². The van der Waals surface area contributed by atoms with Crippen molar-refractivity contribution in [2.24, 2.45) is 0 Å². The predicted molar refractivity (Wildman–Crippen MR) is 82.7 cm³/mol. The number of nitrogens with zero attached hydrogens (tertiary/aromatic N) is 1. The van der Waals surface area contributed by atoms with Crippen molar-refractivity contribution in [2.75, 3.05) is 13.2 Å². The molecule has 1 heterocycles. The largest absolute Gasteiger partial charge is 0.388 e. The zero-order valence-corrected chi connectivity index (χ0v) is 12.7. The summed E-state index contributed by atoms with van der Waals surface area (Å²) in [5.41, 5.74) is 0.753. The molecule has 0 radical (unpaired) electrons. The highest BCUT2D eigenvalue weighted by molar-refractivity contribution is 6.21. The molecule has 0 unspecified atom stereocenters. The highest BCUT2D eigenvalue weighted by Crippen LogP contribution is 2.23. The van der Waals surface area contributed by atoms with Crippen LogP contribution < -0.4 is 0 Å². The number of fused-ring (bicyclic) bond motifs is 1.